The summed E-state index contributed by atoms with van der Waals surface area (Å²) in [5.74, 6) is 1.54. The van der Waals surface area contributed by atoms with Crippen LogP contribution in [0.1, 0.15) is 12.5 Å². The molecule has 0 unspecified atom stereocenters. The molecule has 1 amide bonds. The molecule has 0 saturated heterocycles. The van der Waals surface area contributed by atoms with Crippen LogP contribution in [0.3, 0.4) is 0 Å². The lowest BCUT2D eigenvalue weighted by Gasteiger charge is -2.10. The van der Waals surface area contributed by atoms with Gasteiger partial charge in [-0.15, -0.1) is 10.2 Å². The highest BCUT2D eigenvalue weighted by Crippen LogP contribution is 2.24. The predicted octanol–water partition coefficient (Wildman–Crippen LogP) is 4.52. The molecule has 0 atom stereocenters. The SMILES string of the molecule is CCOc1ccc(NC(=O)CSc2nnc(-c3ccccn3)n2Cc2ccccc2)cc1. The van der Waals surface area contributed by atoms with Gasteiger partial charge in [-0.05, 0) is 48.9 Å². The quantitative estimate of drug-likeness (QED) is 0.382. The van der Waals surface area contributed by atoms with E-state index in [4.69, 9.17) is 4.74 Å². The Hall–Kier alpha value is -3.65. The summed E-state index contributed by atoms with van der Waals surface area (Å²) in [6, 6.07) is 23.1. The largest absolute Gasteiger partial charge is 0.494 e. The standard InChI is InChI=1S/C24H23N5O2S/c1-2-31-20-13-11-19(12-14-20)26-22(30)17-32-24-28-27-23(21-10-6-7-15-25-21)29(24)16-18-8-4-3-5-9-18/h3-15H,2,16-17H2,1H3,(H,26,30). The van der Waals surface area contributed by atoms with Gasteiger partial charge in [0.1, 0.15) is 11.4 Å². The first-order valence-electron chi connectivity index (χ1n) is 10.3. The first-order valence-corrected chi connectivity index (χ1v) is 11.3. The lowest BCUT2D eigenvalue weighted by molar-refractivity contribution is -0.113. The monoisotopic (exact) mass is 445 g/mol. The molecule has 4 rings (SSSR count). The molecule has 0 fully saturated rings. The van der Waals surface area contributed by atoms with Gasteiger partial charge < -0.3 is 10.1 Å². The van der Waals surface area contributed by atoms with Crippen LogP contribution in [0, 0.1) is 0 Å². The van der Waals surface area contributed by atoms with Crippen LogP contribution < -0.4 is 10.1 Å². The van der Waals surface area contributed by atoms with Crippen molar-refractivity contribution >= 4 is 23.4 Å². The summed E-state index contributed by atoms with van der Waals surface area (Å²) in [4.78, 5) is 16.9. The van der Waals surface area contributed by atoms with Gasteiger partial charge in [0, 0.05) is 11.9 Å². The number of rotatable bonds is 9. The molecule has 0 aliphatic carbocycles. The number of carbonyl (C=O) groups excluding carboxylic acids is 1. The van der Waals surface area contributed by atoms with Crippen molar-refractivity contribution in [3.63, 3.8) is 0 Å². The molecular formula is C24H23N5O2S. The van der Waals surface area contributed by atoms with Gasteiger partial charge in [0.25, 0.3) is 0 Å². The summed E-state index contributed by atoms with van der Waals surface area (Å²) in [7, 11) is 0. The third-order valence-electron chi connectivity index (χ3n) is 4.58. The lowest BCUT2D eigenvalue weighted by atomic mass is 10.2. The van der Waals surface area contributed by atoms with Gasteiger partial charge in [-0.25, -0.2) is 0 Å². The maximum Gasteiger partial charge on any atom is 0.234 e. The lowest BCUT2D eigenvalue weighted by Crippen LogP contribution is -2.15. The number of hydrogen-bond donors (Lipinski definition) is 1. The highest BCUT2D eigenvalue weighted by molar-refractivity contribution is 7.99. The van der Waals surface area contributed by atoms with E-state index < -0.39 is 0 Å². The number of nitrogens with one attached hydrogen (secondary N) is 1. The van der Waals surface area contributed by atoms with Crippen molar-refractivity contribution in [2.24, 2.45) is 0 Å². The van der Waals surface area contributed by atoms with E-state index in [-0.39, 0.29) is 11.7 Å². The van der Waals surface area contributed by atoms with Crippen LogP contribution in [0.25, 0.3) is 11.5 Å². The highest BCUT2D eigenvalue weighted by Gasteiger charge is 2.17. The number of nitrogens with zero attached hydrogens (tertiary/aromatic N) is 4. The summed E-state index contributed by atoms with van der Waals surface area (Å²) >= 11 is 1.35. The number of carbonyl (C=O) groups is 1. The number of amides is 1. The van der Waals surface area contributed by atoms with Crippen LogP contribution in [0.5, 0.6) is 5.75 Å². The highest BCUT2D eigenvalue weighted by atomic mass is 32.2. The van der Waals surface area contributed by atoms with Gasteiger partial charge in [0.05, 0.1) is 18.9 Å². The number of pyridine rings is 1. The molecule has 2 heterocycles. The third-order valence-corrected chi connectivity index (χ3v) is 5.54. The van der Waals surface area contributed by atoms with Gasteiger partial charge >= 0.3 is 0 Å². The number of anilines is 1. The Labute approximate surface area is 190 Å². The molecule has 0 aliphatic rings. The Bertz CT molecular complexity index is 1150. The van der Waals surface area contributed by atoms with E-state index in [2.05, 4.69) is 32.6 Å². The van der Waals surface area contributed by atoms with E-state index in [0.717, 1.165) is 22.7 Å². The van der Waals surface area contributed by atoms with E-state index in [0.29, 0.717) is 24.1 Å². The first-order chi connectivity index (χ1) is 15.7. The van der Waals surface area contributed by atoms with Gasteiger partial charge in [-0.2, -0.15) is 0 Å². The van der Waals surface area contributed by atoms with Gasteiger partial charge in [0.15, 0.2) is 11.0 Å². The molecule has 0 radical (unpaired) electrons. The molecule has 0 aliphatic heterocycles. The molecule has 7 nitrogen and oxygen atoms in total. The molecule has 2 aromatic heterocycles. The van der Waals surface area contributed by atoms with Crippen molar-refractivity contribution in [3.8, 4) is 17.3 Å². The van der Waals surface area contributed by atoms with E-state index in [1.54, 1.807) is 6.20 Å². The average molecular weight is 446 g/mol. The molecule has 162 valence electrons. The number of hydrogen-bond acceptors (Lipinski definition) is 6. The van der Waals surface area contributed by atoms with Gasteiger partial charge in [-0.1, -0.05) is 48.2 Å². The molecule has 32 heavy (non-hydrogen) atoms. The molecule has 8 heteroatoms. The summed E-state index contributed by atoms with van der Waals surface area (Å²) in [6.45, 7) is 3.12. The van der Waals surface area contributed by atoms with E-state index in [1.165, 1.54) is 11.8 Å². The summed E-state index contributed by atoms with van der Waals surface area (Å²) in [6.07, 6.45) is 1.73. The zero-order valence-corrected chi connectivity index (χ0v) is 18.5. The number of thioether (sulfide) groups is 1. The summed E-state index contributed by atoms with van der Waals surface area (Å²) < 4.78 is 7.42. The fourth-order valence-electron chi connectivity index (χ4n) is 3.12. The zero-order valence-electron chi connectivity index (χ0n) is 17.6. The summed E-state index contributed by atoms with van der Waals surface area (Å²) in [5.41, 5.74) is 2.57. The Balaban J connectivity index is 1.47. The van der Waals surface area contributed by atoms with E-state index >= 15 is 0 Å². The Kier molecular flexibility index (Phi) is 7.14. The first kappa shape index (κ1) is 21.6. The van der Waals surface area contributed by atoms with Crippen molar-refractivity contribution in [3.05, 3.63) is 84.6 Å². The maximum atomic E-state index is 12.5. The Morgan fingerprint density at radius 2 is 1.78 bits per heavy atom. The van der Waals surface area contributed by atoms with Crippen LogP contribution in [-0.4, -0.2) is 38.0 Å². The van der Waals surface area contributed by atoms with Crippen molar-refractivity contribution in [2.45, 2.75) is 18.6 Å². The second kappa shape index (κ2) is 10.6. The average Bonchev–Trinajstić information content (AvgIpc) is 3.23. The van der Waals surface area contributed by atoms with Crippen molar-refractivity contribution < 1.29 is 9.53 Å². The molecule has 1 N–H and O–H groups in total. The fraction of sp³-hybridized carbons (Fsp3) is 0.167. The van der Waals surface area contributed by atoms with Crippen LogP contribution in [0.15, 0.2) is 84.1 Å². The predicted molar refractivity (Wildman–Crippen MR) is 126 cm³/mol. The van der Waals surface area contributed by atoms with E-state index in [1.807, 2.05) is 72.2 Å². The topological polar surface area (TPSA) is 81.9 Å². The van der Waals surface area contributed by atoms with Crippen molar-refractivity contribution in [1.82, 2.24) is 19.7 Å². The molecule has 0 bridgehead atoms. The van der Waals surface area contributed by atoms with Crippen LogP contribution >= 0.6 is 11.8 Å². The Morgan fingerprint density at radius 3 is 2.50 bits per heavy atom. The second-order valence-corrected chi connectivity index (χ2v) is 7.83. The third kappa shape index (κ3) is 5.53. The van der Waals surface area contributed by atoms with Crippen molar-refractivity contribution in [1.29, 1.82) is 0 Å². The minimum atomic E-state index is -0.118. The fourth-order valence-corrected chi connectivity index (χ4v) is 3.85. The molecule has 2 aromatic carbocycles. The van der Waals surface area contributed by atoms with Gasteiger partial charge in [-0.3, -0.25) is 14.3 Å². The Morgan fingerprint density at radius 1 is 1.00 bits per heavy atom. The smallest absolute Gasteiger partial charge is 0.234 e. The molecule has 0 saturated carbocycles. The minimum absolute atomic E-state index is 0.118. The second-order valence-electron chi connectivity index (χ2n) is 6.89. The summed E-state index contributed by atoms with van der Waals surface area (Å²) in [5, 5.41) is 12.3. The van der Waals surface area contributed by atoms with Crippen molar-refractivity contribution in [2.75, 3.05) is 17.7 Å². The normalized spacial score (nSPS) is 10.7. The number of aromatic nitrogens is 4. The molecule has 0 spiro atoms. The maximum absolute atomic E-state index is 12.5. The number of benzene rings is 2. The molecular weight excluding hydrogens is 422 g/mol. The van der Waals surface area contributed by atoms with E-state index in [9.17, 15) is 4.79 Å². The zero-order chi connectivity index (χ0) is 22.2. The molecule has 4 aromatic rings. The van der Waals surface area contributed by atoms with Gasteiger partial charge in [0.2, 0.25) is 5.91 Å². The van der Waals surface area contributed by atoms with Crippen LogP contribution in [0.4, 0.5) is 5.69 Å². The minimum Gasteiger partial charge on any atom is -0.494 e. The number of ether oxygens (including phenoxy) is 1. The van der Waals surface area contributed by atoms with Crippen LogP contribution in [-0.2, 0) is 11.3 Å². The van der Waals surface area contributed by atoms with Crippen LogP contribution in [0.2, 0.25) is 0 Å².